The summed E-state index contributed by atoms with van der Waals surface area (Å²) in [5.74, 6) is 0.722. The third-order valence-electron chi connectivity index (χ3n) is 3.09. The standard InChI is InChI=1S/C17H25NO3/c1-4-21-16-9-6-5-8-15(16)10-11-17(20)18(14(2)3)12-7-13-19/h5-6,8-11,14,19H,4,7,12-13H2,1-3H3/b11-10+. The van der Waals surface area contributed by atoms with Gasteiger partial charge >= 0.3 is 0 Å². The fourth-order valence-electron chi connectivity index (χ4n) is 2.03. The Morgan fingerprint density at radius 2 is 2.10 bits per heavy atom. The van der Waals surface area contributed by atoms with E-state index in [1.807, 2.05) is 45.0 Å². The lowest BCUT2D eigenvalue weighted by Crippen LogP contribution is -2.36. The number of amides is 1. The first-order valence-corrected chi connectivity index (χ1v) is 7.41. The lowest BCUT2D eigenvalue weighted by Gasteiger charge is -2.25. The van der Waals surface area contributed by atoms with Gasteiger partial charge in [0.25, 0.3) is 0 Å². The van der Waals surface area contributed by atoms with Gasteiger partial charge in [-0.15, -0.1) is 0 Å². The molecule has 0 saturated heterocycles. The molecule has 0 fully saturated rings. The summed E-state index contributed by atoms with van der Waals surface area (Å²) in [6.45, 7) is 7.11. The summed E-state index contributed by atoms with van der Waals surface area (Å²) >= 11 is 0. The maximum atomic E-state index is 12.2. The number of rotatable bonds is 8. The molecule has 0 radical (unpaired) electrons. The summed E-state index contributed by atoms with van der Waals surface area (Å²) in [6.07, 6.45) is 3.93. The van der Waals surface area contributed by atoms with Crippen LogP contribution in [0.4, 0.5) is 0 Å². The van der Waals surface area contributed by atoms with Crippen molar-refractivity contribution in [1.82, 2.24) is 4.90 Å². The van der Waals surface area contributed by atoms with Gasteiger partial charge in [-0.2, -0.15) is 0 Å². The predicted molar refractivity (Wildman–Crippen MR) is 85.2 cm³/mol. The van der Waals surface area contributed by atoms with E-state index in [1.165, 1.54) is 0 Å². The van der Waals surface area contributed by atoms with E-state index in [2.05, 4.69) is 0 Å². The van der Waals surface area contributed by atoms with Crippen LogP contribution in [0.15, 0.2) is 30.3 Å². The Morgan fingerprint density at radius 3 is 2.71 bits per heavy atom. The predicted octanol–water partition coefficient (Wildman–Crippen LogP) is 2.72. The summed E-state index contributed by atoms with van der Waals surface area (Å²) in [5, 5.41) is 8.91. The fraction of sp³-hybridized carbons (Fsp3) is 0.471. The number of para-hydroxylation sites is 1. The van der Waals surface area contributed by atoms with Gasteiger partial charge in [0, 0.05) is 30.8 Å². The lowest BCUT2D eigenvalue weighted by atomic mass is 10.1. The fourth-order valence-corrected chi connectivity index (χ4v) is 2.03. The molecule has 0 unspecified atom stereocenters. The van der Waals surface area contributed by atoms with Gasteiger partial charge in [0.05, 0.1) is 6.61 Å². The summed E-state index contributed by atoms with van der Waals surface area (Å²) < 4.78 is 5.53. The molecule has 0 bridgehead atoms. The third kappa shape index (κ3) is 5.60. The molecule has 0 aliphatic heterocycles. The molecule has 1 amide bonds. The van der Waals surface area contributed by atoms with Crippen molar-refractivity contribution in [3.05, 3.63) is 35.9 Å². The highest BCUT2D eigenvalue weighted by molar-refractivity contribution is 5.92. The van der Waals surface area contributed by atoms with Gasteiger partial charge in [0.15, 0.2) is 0 Å². The zero-order chi connectivity index (χ0) is 15.7. The van der Waals surface area contributed by atoms with Gasteiger partial charge < -0.3 is 14.7 Å². The smallest absolute Gasteiger partial charge is 0.246 e. The number of nitrogens with zero attached hydrogens (tertiary/aromatic N) is 1. The maximum Gasteiger partial charge on any atom is 0.246 e. The minimum atomic E-state index is -0.0512. The van der Waals surface area contributed by atoms with Crippen LogP contribution in [0.1, 0.15) is 32.8 Å². The SMILES string of the molecule is CCOc1ccccc1/C=C/C(=O)N(CCCO)C(C)C. The van der Waals surface area contributed by atoms with Crippen LogP contribution in [0.2, 0.25) is 0 Å². The highest BCUT2D eigenvalue weighted by Gasteiger charge is 2.13. The number of aliphatic hydroxyl groups is 1. The zero-order valence-corrected chi connectivity index (χ0v) is 13.1. The van der Waals surface area contributed by atoms with Crippen LogP contribution in [0.25, 0.3) is 6.08 Å². The van der Waals surface area contributed by atoms with E-state index < -0.39 is 0 Å². The van der Waals surface area contributed by atoms with Crippen LogP contribution in [0.5, 0.6) is 5.75 Å². The number of benzene rings is 1. The van der Waals surface area contributed by atoms with Crippen molar-refractivity contribution in [3.8, 4) is 5.75 Å². The molecule has 1 aromatic carbocycles. The van der Waals surface area contributed by atoms with Crippen molar-refractivity contribution in [1.29, 1.82) is 0 Å². The first-order chi connectivity index (χ1) is 10.1. The molecule has 1 N–H and O–H groups in total. The Morgan fingerprint density at radius 1 is 1.38 bits per heavy atom. The minimum Gasteiger partial charge on any atom is -0.493 e. The average Bonchev–Trinajstić information content (AvgIpc) is 2.46. The molecule has 0 saturated carbocycles. The van der Waals surface area contributed by atoms with Gasteiger partial charge in [0.2, 0.25) is 5.91 Å². The molecule has 0 aromatic heterocycles. The second kappa shape index (κ2) is 9.19. The Labute approximate surface area is 127 Å². The van der Waals surface area contributed by atoms with Crippen LogP contribution in [-0.4, -0.2) is 41.7 Å². The largest absolute Gasteiger partial charge is 0.493 e. The Bertz CT molecular complexity index is 469. The number of aliphatic hydroxyl groups excluding tert-OH is 1. The molecule has 1 rings (SSSR count). The highest BCUT2D eigenvalue weighted by atomic mass is 16.5. The number of ether oxygens (including phenoxy) is 1. The van der Waals surface area contributed by atoms with Crippen molar-refractivity contribution in [2.45, 2.75) is 33.2 Å². The van der Waals surface area contributed by atoms with Crippen molar-refractivity contribution < 1.29 is 14.6 Å². The normalized spacial score (nSPS) is 11.1. The number of hydrogen-bond donors (Lipinski definition) is 1. The molecule has 0 atom stereocenters. The van der Waals surface area contributed by atoms with Crippen molar-refractivity contribution >= 4 is 12.0 Å². The molecule has 4 heteroatoms. The van der Waals surface area contributed by atoms with Gasteiger partial charge in [0.1, 0.15) is 5.75 Å². The molecule has 0 aliphatic rings. The topological polar surface area (TPSA) is 49.8 Å². The second-order valence-electron chi connectivity index (χ2n) is 5.01. The van der Waals surface area contributed by atoms with Crippen LogP contribution < -0.4 is 4.74 Å². The van der Waals surface area contributed by atoms with Crippen molar-refractivity contribution in [2.24, 2.45) is 0 Å². The maximum absolute atomic E-state index is 12.2. The molecule has 0 heterocycles. The second-order valence-corrected chi connectivity index (χ2v) is 5.01. The number of carbonyl (C=O) groups excluding carboxylic acids is 1. The first kappa shape index (κ1) is 17.2. The minimum absolute atomic E-state index is 0.0512. The van der Waals surface area contributed by atoms with E-state index >= 15 is 0 Å². The molecule has 0 spiro atoms. The van der Waals surface area contributed by atoms with E-state index in [0.717, 1.165) is 11.3 Å². The monoisotopic (exact) mass is 291 g/mol. The van der Waals surface area contributed by atoms with E-state index in [1.54, 1.807) is 17.1 Å². The van der Waals surface area contributed by atoms with Crippen molar-refractivity contribution in [2.75, 3.05) is 19.8 Å². The average molecular weight is 291 g/mol. The molecular formula is C17H25NO3. The van der Waals surface area contributed by atoms with Gasteiger partial charge in [-0.3, -0.25) is 4.79 Å². The van der Waals surface area contributed by atoms with Gasteiger partial charge in [-0.05, 0) is 39.3 Å². The van der Waals surface area contributed by atoms with Crippen molar-refractivity contribution in [3.63, 3.8) is 0 Å². The van der Waals surface area contributed by atoms with Crippen LogP contribution >= 0.6 is 0 Å². The Balaban J connectivity index is 2.80. The van der Waals surface area contributed by atoms with E-state index in [0.29, 0.717) is 19.6 Å². The third-order valence-corrected chi connectivity index (χ3v) is 3.09. The van der Waals surface area contributed by atoms with E-state index in [4.69, 9.17) is 9.84 Å². The molecule has 116 valence electrons. The summed E-state index contributed by atoms with van der Waals surface area (Å²) in [4.78, 5) is 14.0. The number of carbonyl (C=O) groups is 1. The van der Waals surface area contributed by atoms with E-state index in [-0.39, 0.29) is 18.6 Å². The molecule has 21 heavy (non-hydrogen) atoms. The molecule has 0 aliphatic carbocycles. The van der Waals surface area contributed by atoms with Crippen LogP contribution in [-0.2, 0) is 4.79 Å². The quantitative estimate of drug-likeness (QED) is 0.749. The molecule has 4 nitrogen and oxygen atoms in total. The van der Waals surface area contributed by atoms with Gasteiger partial charge in [-0.25, -0.2) is 0 Å². The first-order valence-electron chi connectivity index (χ1n) is 7.41. The number of hydrogen-bond acceptors (Lipinski definition) is 3. The summed E-state index contributed by atoms with van der Waals surface area (Å²) in [6, 6.07) is 7.74. The summed E-state index contributed by atoms with van der Waals surface area (Å²) in [7, 11) is 0. The zero-order valence-electron chi connectivity index (χ0n) is 13.1. The molecular weight excluding hydrogens is 266 g/mol. The van der Waals surface area contributed by atoms with Crippen LogP contribution in [0, 0.1) is 0 Å². The van der Waals surface area contributed by atoms with Gasteiger partial charge in [-0.1, -0.05) is 18.2 Å². The van der Waals surface area contributed by atoms with Crippen LogP contribution in [0.3, 0.4) is 0 Å². The Hall–Kier alpha value is -1.81. The van der Waals surface area contributed by atoms with E-state index in [9.17, 15) is 4.79 Å². The Kier molecular flexibility index (Phi) is 7.54. The lowest BCUT2D eigenvalue weighted by molar-refractivity contribution is -0.127. The molecule has 1 aromatic rings. The highest BCUT2D eigenvalue weighted by Crippen LogP contribution is 2.19. The summed E-state index contributed by atoms with van der Waals surface area (Å²) in [5.41, 5.74) is 0.888.